The van der Waals surface area contributed by atoms with E-state index in [1.54, 1.807) is 55.6 Å². The molecule has 0 fully saturated rings. The molecule has 0 spiro atoms. The molecule has 8 nitrogen and oxygen atoms in total. The van der Waals surface area contributed by atoms with Gasteiger partial charge in [-0.1, -0.05) is 18.2 Å². The molecule has 0 bridgehead atoms. The van der Waals surface area contributed by atoms with Crippen molar-refractivity contribution in [2.24, 2.45) is 0 Å². The molecule has 0 aromatic heterocycles. The van der Waals surface area contributed by atoms with Gasteiger partial charge < -0.3 is 19.5 Å². The number of hydrogen-bond donors (Lipinski definition) is 1. The molecule has 3 aromatic rings. The number of fused-ring (bicyclic) bond motifs is 1. The van der Waals surface area contributed by atoms with Crippen molar-refractivity contribution in [2.45, 2.75) is 36.8 Å². The van der Waals surface area contributed by atoms with Crippen LogP contribution in [0.15, 0.2) is 77.7 Å². The Morgan fingerprint density at radius 1 is 1.00 bits per heavy atom. The third kappa shape index (κ3) is 5.41. The maximum atomic E-state index is 13.6. The largest absolute Gasteiger partial charge is 0.497 e. The highest BCUT2D eigenvalue weighted by Gasteiger charge is 2.36. The summed E-state index contributed by atoms with van der Waals surface area (Å²) in [5.41, 5.74) is 0.610. The molecule has 1 heterocycles. The molecule has 0 aliphatic carbocycles. The molecule has 9 heteroatoms. The zero-order valence-corrected chi connectivity index (χ0v) is 21.5. The molecule has 0 saturated heterocycles. The van der Waals surface area contributed by atoms with Crippen molar-refractivity contribution < 1.29 is 27.4 Å². The first-order chi connectivity index (χ1) is 17.1. The van der Waals surface area contributed by atoms with Gasteiger partial charge in [-0.15, -0.1) is 0 Å². The summed E-state index contributed by atoms with van der Waals surface area (Å²) < 4.78 is 44.9. The maximum absolute atomic E-state index is 13.6. The summed E-state index contributed by atoms with van der Waals surface area (Å²) in [7, 11) is -0.912. The number of nitrogens with one attached hydrogen (secondary N) is 1. The predicted octanol–water partition coefficient (Wildman–Crippen LogP) is 4.32. The SMILES string of the molecule is COc1ccc(N(CC(=O)NC2CC(C)(C)Oc3ccc(OC)cc32)S(=O)(=O)c2ccccc2)cc1. The summed E-state index contributed by atoms with van der Waals surface area (Å²) in [6, 6.07) is 19.7. The Balaban J connectivity index is 1.65. The lowest BCUT2D eigenvalue weighted by Gasteiger charge is -2.38. The van der Waals surface area contributed by atoms with Crippen molar-refractivity contribution in [1.29, 1.82) is 0 Å². The molecule has 36 heavy (non-hydrogen) atoms. The zero-order chi connectivity index (χ0) is 25.9. The fourth-order valence-electron chi connectivity index (χ4n) is 4.24. The van der Waals surface area contributed by atoms with Crippen LogP contribution < -0.4 is 23.8 Å². The van der Waals surface area contributed by atoms with Crippen molar-refractivity contribution >= 4 is 21.6 Å². The van der Waals surface area contributed by atoms with Crippen molar-refractivity contribution in [1.82, 2.24) is 5.32 Å². The molecule has 1 amide bonds. The Morgan fingerprint density at radius 2 is 1.64 bits per heavy atom. The lowest BCUT2D eigenvalue weighted by atomic mass is 9.89. The van der Waals surface area contributed by atoms with E-state index < -0.39 is 28.1 Å². The third-order valence-electron chi connectivity index (χ3n) is 5.99. The minimum atomic E-state index is -4.02. The summed E-state index contributed by atoms with van der Waals surface area (Å²) in [6.07, 6.45) is 0.507. The molecule has 4 rings (SSSR count). The Bertz CT molecular complexity index is 1320. The van der Waals surface area contributed by atoms with E-state index in [0.717, 1.165) is 9.87 Å². The van der Waals surface area contributed by atoms with Crippen LogP contribution in [-0.4, -0.2) is 40.7 Å². The molecule has 0 radical (unpaired) electrons. The monoisotopic (exact) mass is 510 g/mol. The van der Waals surface area contributed by atoms with E-state index in [1.165, 1.54) is 19.2 Å². The van der Waals surface area contributed by atoms with Crippen LogP contribution in [-0.2, 0) is 14.8 Å². The lowest BCUT2D eigenvalue weighted by molar-refractivity contribution is -0.120. The molecule has 1 unspecified atom stereocenters. The summed E-state index contributed by atoms with van der Waals surface area (Å²) >= 11 is 0. The summed E-state index contributed by atoms with van der Waals surface area (Å²) in [5, 5.41) is 3.02. The van der Waals surface area contributed by atoms with Crippen molar-refractivity contribution in [3.05, 3.63) is 78.4 Å². The molecule has 0 saturated carbocycles. The first kappa shape index (κ1) is 25.4. The van der Waals surface area contributed by atoms with E-state index in [2.05, 4.69) is 5.32 Å². The Kier molecular flexibility index (Phi) is 7.12. The van der Waals surface area contributed by atoms with Crippen LogP contribution in [0.2, 0.25) is 0 Å². The standard InChI is InChI=1S/C27H30N2O6S/c1-27(2)17-24(23-16-21(34-4)14-15-25(23)35-27)28-26(30)18-29(19-10-12-20(33-3)13-11-19)36(31,32)22-8-6-5-7-9-22/h5-16,24H,17-18H2,1-4H3,(H,28,30). The minimum Gasteiger partial charge on any atom is -0.497 e. The minimum absolute atomic E-state index is 0.0934. The fourth-order valence-corrected chi connectivity index (χ4v) is 5.68. The number of carbonyl (C=O) groups excluding carboxylic acids is 1. The second-order valence-electron chi connectivity index (χ2n) is 9.11. The van der Waals surface area contributed by atoms with Gasteiger partial charge in [0.1, 0.15) is 29.4 Å². The second-order valence-corrected chi connectivity index (χ2v) is 11.0. The highest BCUT2D eigenvalue weighted by molar-refractivity contribution is 7.92. The smallest absolute Gasteiger partial charge is 0.264 e. The summed E-state index contributed by atoms with van der Waals surface area (Å²) in [4.78, 5) is 13.5. The van der Waals surface area contributed by atoms with Crippen LogP contribution in [0.3, 0.4) is 0 Å². The number of methoxy groups -OCH3 is 2. The van der Waals surface area contributed by atoms with Gasteiger partial charge in [-0.2, -0.15) is 0 Å². The molecule has 1 aliphatic heterocycles. The average Bonchev–Trinajstić information content (AvgIpc) is 2.87. The number of sulfonamides is 1. The quantitative estimate of drug-likeness (QED) is 0.485. The van der Waals surface area contributed by atoms with Gasteiger partial charge in [-0.3, -0.25) is 9.10 Å². The number of nitrogens with zero attached hydrogens (tertiary/aromatic N) is 1. The maximum Gasteiger partial charge on any atom is 0.264 e. The van der Waals surface area contributed by atoms with E-state index in [4.69, 9.17) is 14.2 Å². The van der Waals surface area contributed by atoms with Crippen molar-refractivity contribution in [3.63, 3.8) is 0 Å². The Hall–Kier alpha value is -3.72. The van der Waals surface area contributed by atoms with Gasteiger partial charge >= 0.3 is 0 Å². The van der Waals surface area contributed by atoms with E-state index in [0.29, 0.717) is 29.4 Å². The van der Waals surface area contributed by atoms with E-state index in [9.17, 15) is 13.2 Å². The van der Waals surface area contributed by atoms with Crippen LogP contribution >= 0.6 is 0 Å². The molecule has 1 N–H and O–H groups in total. The number of carbonyl (C=O) groups is 1. The normalized spacial score (nSPS) is 16.3. The van der Waals surface area contributed by atoms with E-state index >= 15 is 0 Å². The van der Waals surface area contributed by atoms with Crippen LogP contribution in [0.5, 0.6) is 17.2 Å². The van der Waals surface area contributed by atoms with Crippen LogP contribution in [0.4, 0.5) is 5.69 Å². The van der Waals surface area contributed by atoms with Crippen LogP contribution in [0.1, 0.15) is 31.9 Å². The number of amides is 1. The topological polar surface area (TPSA) is 94.2 Å². The van der Waals surface area contributed by atoms with Crippen LogP contribution in [0.25, 0.3) is 0 Å². The van der Waals surface area contributed by atoms with Gasteiger partial charge in [0.2, 0.25) is 5.91 Å². The zero-order valence-electron chi connectivity index (χ0n) is 20.7. The van der Waals surface area contributed by atoms with Crippen LogP contribution in [0, 0.1) is 0 Å². The molecular formula is C27H30N2O6S. The molecular weight excluding hydrogens is 480 g/mol. The summed E-state index contributed by atoms with van der Waals surface area (Å²) in [6.45, 7) is 3.49. The molecule has 3 aromatic carbocycles. The Morgan fingerprint density at radius 3 is 2.28 bits per heavy atom. The van der Waals surface area contributed by atoms with Crippen molar-refractivity contribution in [3.8, 4) is 17.2 Å². The Labute approximate surface area is 211 Å². The highest BCUT2D eigenvalue weighted by atomic mass is 32.2. The van der Waals surface area contributed by atoms with E-state index in [1.807, 2.05) is 26.0 Å². The molecule has 1 aliphatic rings. The highest BCUT2D eigenvalue weighted by Crippen LogP contribution is 2.41. The van der Waals surface area contributed by atoms with Gasteiger partial charge in [-0.05, 0) is 68.4 Å². The fraction of sp³-hybridized carbons (Fsp3) is 0.296. The van der Waals surface area contributed by atoms with Gasteiger partial charge in [0.15, 0.2) is 0 Å². The summed E-state index contributed by atoms with van der Waals surface area (Å²) in [5.74, 6) is 1.43. The van der Waals surface area contributed by atoms with Gasteiger partial charge in [0, 0.05) is 12.0 Å². The first-order valence-corrected chi connectivity index (χ1v) is 12.9. The average molecular weight is 511 g/mol. The van der Waals surface area contributed by atoms with Gasteiger partial charge in [-0.25, -0.2) is 8.42 Å². The number of hydrogen-bond acceptors (Lipinski definition) is 6. The van der Waals surface area contributed by atoms with E-state index in [-0.39, 0.29) is 10.9 Å². The number of rotatable bonds is 8. The lowest BCUT2D eigenvalue weighted by Crippen LogP contribution is -2.45. The first-order valence-electron chi connectivity index (χ1n) is 11.5. The number of ether oxygens (including phenoxy) is 3. The second kappa shape index (κ2) is 10.1. The van der Waals surface area contributed by atoms with Crippen molar-refractivity contribution in [2.75, 3.05) is 25.1 Å². The molecule has 190 valence electrons. The molecule has 1 atom stereocenters. The predicted molar refractivity (Wildman–Crippen MR) is 137 cm³/mol. The van der Waals surface area contributed by atoms with Gasteiger partial charge in [0.05, 0.1) is 30.8 Å². The number of anilines is 1. The van der Waals surface area contributed by atoms with Gasteiger partial charge in [0.25, 0.3) is 10.0 Å². The third-order valence-corrected chi connectivity index (χ3v) is 7.78. The number of benzene rings is 3.